The Balaban J connectivity index is 1.77. The minimum atomic E-state index is -0.514. The Labute approximate surface area is 142 Å². The molecule has 1 atom stereocenters. The summed E-state index contributed by atoms with van der Waals surface area (Å²) in [4.78, 5) is 18.7. The van der Waals surface area contributed by atoms with E-state index >= 15 is 0 Å². The summed E-state index contributed by atoms with van der Waals surface area (Å²) in [6, 6.07) is 13.5. The molecule has 5 nitrogen and oxygen atoms in total. The van der Waals surface area contributed by atoms with Crippen molar-refractivity contribution in [3.63, 3.8) is 0 Å². The Morgan fingerprint density at radius 2 is 1.92 bits per heavy atom. The smallest absolute Gasteiger partial charge is 0.231 e. The van der Waals surface area contributed by atoms with Gasteiger partial charge in [-0.05, 0) is 30.5 Å². The van der Waals surface area contributed by atoms with E-state index in [4.69, 9.17) is 10.5 Å². The number of carbonyl (C=O) groups excluding carboxylic acids is 1. The van der Waals surface area contributed by atoms with Crippen LogP contribution in [-0.4, -0.2) is 37.2 Å². The van der Waals surface area contributed by atoms with Gasteiger partial charge < -0.3 is 15.4 Å². The summed E-state index contributed by atoms with van der Waals surface area (Å²) in [6.45, 7) is 1.91. The van der Waals surface area contributed by atoms with Gasteiger partial charge in [0.25, 0.3) is 0 Å². The van der Waals surface area contributed by atoms with Crippen molar-refractivity contribution in [3.05, 3.63) is 59.9 Å². The number of piperidine rings is 1. The van der Waals surface area contributed by atoms with E-state index in [2.05, 4.69) is 9.88 Å². The van der Waals surface area contributed by atoms with Crippen LogP contribution < -0.4 is 10.6 Å². The predicted molar refractivity (Wildman–Crippen MR) is 94.0 cm³/mol. The number of anilines is 1. The van der Waals surface area contributed by atoms with E-state index in [0.29, 0.717) is 11.8 Å². The summed E-state index contributed by atoms with van der Waals surface area (Å²) in [5.41, 5.74) is 8.23. The molecule has 126 valence electrons. The number of benzene rings is 1. The van der Waals surface area contributed by atoms with E-state index in [1.807, 2.05) is 48.7 Å². The van der Waals surface area contributed by atoms with Gasteiger partial charge in [-0.2, -0.15) is 0 Å². The van der Waals surface area contributed by atoms with Crippen molar-refractivity contribution < 1.29 is 9.53 Å². The molecular weight excluding hydrogens is 302 g/mol. The topological polar surface area (TPSA) is 68.5 Å². The molecule has 0 saturated carbocycles. The second-order valence-electron chi connectivity index (χ2n) is 6.11. The first-order valence-corrected chi connectivity index (χ1v) is 8.27. The Kier molecular flexibility index (Phi) is 5.11. The summed E-state index contributed by atoms with van der Waals surface area (Å²) in [6.07, 6.45) is 4.23. The van der Waals surface area contributed by atoms with E-state index in [1.165, 1.54) is 0 Å². The van der Waals surface area contributed by atoms with E-state index in [1.54, 1.807) is 7.11 Å². The lowest BCUT2D eigenvalue weighted by Crippen LogP contribution is -2.36. The molecule has 0 bridgehead atoms. The summed E-state index contributed by atoms with van der Waals surface area (Å²) >= 11 is 0. The standard InChI is InChI=1S/C19H23N3O2/c1-24-16-9-11-22(12-10-16)15-7-8-17(21-13-15)18(19(20)23)14-5-3-2-4-6-14/h2-8,13,16,18H,9-12H2,1H3,(H2,20,23). The van der Waals surface area contributed by atoms with Gasteiger partial charge in [0.2, 0.25) is 5.91 Å². The maximum atomic E-state index is 11.9. The summed E-state index contributed by atoms with van der Waals surface area (Å²) in [5.74, 6) is -0.901. The molecule has 3 rings (SSSR count). The van der Waals surface area contributed by atoms with Crippen LogP contribution in [0.2, 0.25) is 0 Å². The zero-order chi connectivity index (χ0) is 16.9. The highest BCUT2D eigenvalue weighted by molar-refractivity contribution is 5.85. The molecule has 2 heterocycles. The number of nitrogens with two attached hydrogens (primary N) is 1. The lowest BCUT2D eigenvalue weighted by atomic mass is 9.94. The van der Waals surface area contributed by atoms with Gasteiger partial charge in [0.15, 0.2) is 0 Å². The Hall–Kier alpha value is -2.40. The van der Waals surface area contributed by atoms with Gasteiger partial charge in [-0.1, -0.05) is 30.3 Å². The quantitative estimate of drug-likeness (QED) is 0.916. The summed E-state index contributed by atoms with van der Waals surface area (Å²) in [7, 11) is 1.77. The fourth-order valence-electron chi connectivity index (χ4n) is 3.23. The number of nitrogens with zero attached hydrogens (tertiary/aromatic N) is 2. The fourth-order valence-corrected chi connectivity index (χ4v) is 3.23. The van der Waals surface area contributed by atoms with Crippen molar-refractivity contribution in [1.82, 2.24) is 4.98 Å². The third kappa shape index (κ3) is 3.57. The number of aromatic nitrogens is 1. The summed E-state index contributed by atoms with van der Waals surface area (Å²) in [5, 5.41) is 0. The molecule has 1 aliphatic heterocycles. The van der Waals surface area contributed by atoms with Gasteiger partial charge in [-0.15, -0.1) is 0 Å². The molecule has 1 saturated heterocycles. The largest absolute Gasteiger partial charge is 0.381 e. The normalized spacial score (nSPS) is 16.8. The number of ether oxygens (including phenoxy) is 1. The molecule has 1 aromatic carbocycles. The van der Waals surface area contributed by atoms with Crippen LogP contribution in [0.5, 0.6) is 0 Å². The van der Waals surface area contributed by atoms with Crippen LogP contribution in [0, 0.1) is 0 Å². The van der Waals surface area contributed by atoms with Gasteiger partial charge in [0.05, 0.1) is 23.7 Å². The maximum absolute atomic E-state index is 11.9. The minimum Gasteiger partial charge on any atom is -0.381 e. The first-order chi connectivity index (χ1) is 11.7. The second kappa shape index (κ2) is 7.45. The zero-order valence-corrected chi connectivity index (χ0v) is 13.9. The van der Waals surface area contributed by atoms with Crippen molar-refractivity contribution in [2.45, 2.75) is 24.9 Å². The summed E-state index contributed by atoms with van der Waals surface area (Å²) < 4.78 is 5.41. The van der Waals surface area contributed by atoms with Crippen LogP contribution in [0.3, 0.4) is 0 Å². The third-order valence-electron chi connectivity index (χ3n) is 4.62. The molecule has 24 heavy (non-hydrogen) atoms. The molecule has 1 aliphatic rings. The molecule has 5 heteroatoms. The van der Waals surface area contributed by atoms with Gasteiger partial charge in [-0.3, -0.25) is 9.78 Å². The third-order valence-corrected chi connectivity index (χ3v) is 4.62. The van der Waals surface area contributed by atoms with Crippen LogP contribution >= 0.6 is 0 Å². The monoisotopic (exact) mass is 325 g/mol. The molecule has 1 aromatic heterocycles. The lowest BCUT2D eigenvalue weighted by Gasteiger charge is -2.32. The number of amides is 1. The van der Waals surface area contributed by atoms with Crippen LogP contribution in [0.1, 0.15) is 30.0 Å². The van der Waals surface area contributed by atoms with Crippen molar-refractivity contribution in [3.8, 4) is 0 Å². The highest BCUT2D eigenvalue weighted by Gasteiger charge is 2.23. The Morgan fingerprint density at radius 1 is 1.21 bits per heavy atom. The number of methoxy groups -OCH3 is 1. The SMILES string of the molecule is COC1CCN(c2ccc(C(C(N)=O)c3ccccc3)nc2)CC1. The number of pyridine rings is 1. The van der Waals surface area contributed by atoms with E-state index in [9.17, 15) is 4.79 Å². The van der Waals surface area contributed by atoms with Gasteiger partial charge in [0, 0.05) is 20.2 Å². The van der Waals surface area contributed by atoms with Crippen LogP contribution in [-0.2, 0) is 9.53 Å². The average Bonchev–Trinajstić information content (AvgIpc) is 2.63. The molecule has 0 aliphatic carbocycles. The second-order valence-corrected chi connectivity index (χ2v) is 6.11. The van der Waals surface area contributed by atoms with Crippen molar-refractivity contribution >= 4 is 11.6 Å². The number of hydrogen-bond acceptors (Lipinski definition) is 4. The first-order valence-electron chi connectivity index (χ1n) is 8.27. The fraction of sp³-hybridized carbons (Fsp3) is 0.368. The molecule has 0 radical (unpaired) electrons. The molecule has 1 unspecified atom stereocenters. The number of carbonyl (C=O) groups is 1. The molecule has 0 spiro atoms. The molecule has 1 fully saturated rings. The van der Waals surface area contributed by atoms with Gasteiger partial charge >= 0.3 is 0 Å². The van der Waals surface area contributed by atoms with Crippen LogP contribution in [0.4, 0.5) is 5.69 Å². The number of primary amides is 1. The molecular formula is C19H23N3O2. The zero-order valence-electron chi connectivity index (χ0n) is 13.9. The first kappa shape index (κ1) is 16.5. The minimum absolute atomic E-state index is 0.353. The number of hydrogen-bond donors (Lipinski definition) is 1. The van der Waals surface area contributed by atoms with E-state index in [0.717, 1.165) is 37.2 Å². The highest BCUT2D eigenvalue weighted by atomic mass is 16.5. The van der Waals surface area contributed by atoms with Crippen LogP contribution in [0.15, 0.2) is 48.7 Å². The van der Waals surface area contributed by atoms with Crippen molar-refractivity contribution in [2.24, 2.45) is 5.73 Å². The van der Waals surface area contributed by atoms with Crippen molar-refractivity contribution in [1.29, 1.82) is 0 Å². The molecule has 1 amide bonds. The predicted octanol–water partition coefficient (Wildman–Crippen LogP) is 2.31. The average molecular weight is 325 g/mol. The Morgan fingerprint density at radius 3 is 2.46 bits per heavy atom. The van der Waals surface area contributed by atoms with Gasteiger partial charge in [-0.25, -0.2) is 0 Å². The molecule has 2 N–H and O–H groups in total. The molecule has 2 aromatic rings. The number of rotatable bonds is 5. The lowest BCUT2D eigenvalue weighted by molar-refractivity contribution is -0.118. The van der Waals surface area contributed by atoms with Gasteiger partial charge in [0.1, 0.15) is 5.92 Å². The van der Waals surface area contributed by atoms with E-state index in [-0.39, 0.29) is 5.91 Å². The van der Waals surface area contributed by atoms with Crippen LogP contribution in [0.25, 0.3) is 0 Å². The maximum Gasteiger partial charge on any atom is 0.231 e. The van der Waals surface area contributed by atoms with Crippen molar-refractivity contribution in [2.75, 3.05) is 25.1 Å². The van der Waals surface area contributed by atoms with E-state index < -0.39 is 5.92 Å². The highest BCUT2D eigenvalue weighted by Crippen LogP contribution is 2.26. The Bertz CT molecular complexity index is 665.